The molecule has 34 heavy (non-hydrogen) atoms. The number of nitrogens with one attached hydrogen (secondary N) is 1. The van der Waals surface area contributed by atoms with Crippen LogP contribution in [0.4, 0.5) is 5.69 Å². The van der Waals surface area contributed by atoms with Crippen LogP contribution in [0.3, 0.4) is 0 Å². The Labute approximate surface area is 210 Å². The Kier molecular flexibility index (Phi) is 10.0. The van der Waals surface area contributed by atoms with Crippen molar-refractivity contribution in [1.82, 2.24) is 10.2 Å². The van der Waals surface area contributed by atoms with Crippen LogP contribution in [0.25, 0.3) is 0 Å². The summed E-state index contributed by atoms with van der Waals surface area (Å²) in [5, 5.41) is 3.49. The molecular formula is C23H29Cl2N3O5S. The van der Waals surface area contributed by atoms with Gasteiger partial charge in [-0.25, -0.2) is 8.42 Å². The summed E-state index contributed by atoms with van der Waals surface area (Å²) in [6, 6.07) is 10.5. The Morgan fingerprint density at radius 3 is 2.24 bits per heavy atom. The van der Waals surface area contributed by atoms with E-state index in [9.17, 15) is 18.0 Å². The molecule has 0 radical (unpaired) electrons. The van der Waals surface area contributed by atoms with Crippen LogP contribution in [0, 0.1) is 0 Å². The van der Waals surface area contributed by atoms with Crippen LogP contribution in [0.1, 0.15) is 25.8 Å². The Bertz CT molecular complexity index is 1110. The molecule has 2 aromatic rings. The van der Waals surface area contributed by atoms with Crippen LogP contribution in [0.15, 0.2) is 42.5 Å². The number of likely N-dealkylation sites (N-methyl/N-ethyl adjacent to an activating group) is 1. The lowest BCUT2D eigenvalue weighted by Crippen LogP contribution is -2.52. The Morgan fingerprint density at radius 2 is 1.74 bits per heavy atom. The van der Waals surface area contributed by atoms with E-state index in [-0.39, 0.29) is 23.2 Å². The van der Waals surface area contributed by atoms with E-state index in [1.165, 1.54) is 30.2 Å². The highest BCUT2D eigenvalue weighted by Crippen LogP contribution is 2.30. The third-order valence-corrected chi connectivity index (χ3v) is 6.79. The van der Waals surface area contributed by atoms with Crippen LogP contribution < -0.4 is 14.4 Å². The van der Waals surface area contributed by atoms with E-state index in [0.29, 0.717) is 23.7 Å². The maximum atomic E-state index is 13.5. The summed E-state index contributed by atoms with van der Waals surface area (Å²) >= 11 is 12.2. The molecule has 11 heteroatoms. The maximum Gasteiger partial charge on any atom is 0.244 e. The topological polar surface area (TPSA) is 96.0 Å². The Morgan fingerprint density at radius 1 is 1.09 bits per heavy atom. The first-order valence-corrected chi connectivity index (χ1v) is 13.2. The molecule has 0 aliphatic rings. The molecule has 0 fully saturated rings. The molecule has 0 aliphatic carbocycles. The minimum atomic E-state index is -3.86. The van der Waals surface area contributed by atoms with Crippen molar-refractivity contribution < 1.29 is 22.7 Å². The summed E-state index contributed by atoms with van der Waals surface area (Å²) < 4.78 is 31.3. The van der Waals surface area contributed by atoms with Gasteiger partial charge in [0.05, 0.1) is 24.1 Å². The number of nitrogens with zero attached hydrogens (tertiary/aromatic N) is 2. The number of benzene rings is 2. The summed E-state index contributed by atoms with van der Waals surface area (Å²) in [6.07, 6.45) is 1.35. The summed E-state index contributed by atoms with van der Waals surface area (Å²) in [7, 11) is -2.41. The smallest absolute Gasteiger partial charge is 0.244 e. The fraction of sp³-hybridized carbons (Fsp3) is 0.391. The molecule has 0 bridgehead atoms. The highest BCUT2D eigenvalue weighted by atomic mass is 35.5. The van der Waals surface area contributed by atoms with Gasteiger partial charge < -0.3 is 15.0 Å². The Hall–Kier alpha value is -2.49. The minimum Gasteiger partial charge on any atom is -0.495 e. The second-order valence-electron chi connectivity index (χ2n) is 7.56. The van der Waals surface area contributed by atoms with Gasteiger partial charge in [0.2, 0.25) is 21.8 Å². The average molecular weight is 530 g/mol. The van der Waals surface area contributed by atoms with Gasteiger partial charge in [-0.15, -0.1) is 0 Å². The van der Waals surface area contributed by atoms with E-state index in [4.69, 9.17) is 27.9 Å². The number of carbonyl (C=O) groups is 2. The molecule has 1 N–H and O–H groups in total. The molecule has 2 amide bonds. The fourth-order valence-electron chi connectivity index (χ4n) is 3.42. The molecular weight excluding hydrogens is 501 g/mol. The molecule has 2 aromatic carbocycles. The Balaban J connectivity index is 2.44. The highest BCUT2D eigenvalue weighted by molar-refractivity contribution is 7.92. The first-order valence-electron chi connectivity index (χ1n) is 10.6. The number of methoxy groups -OCH3 is 1. The molecule has 0 aliphatic heterocycles. The van der Waals surface area contributed by atoms with Crippen LogP contribution in [-0.2, 0) is 26.2 Å². The van der Waals surface area contributed by atoms with Crippen molar-refractivity contribution in [2.24, 2.45) is 0 Å². The van der Waals surface area contributed by atoms with Gasteiger partial charge in [-0.3, -0.25) is 13.9 Å². The average Bonchev–Trinajstić information content (AvgIpc) is 2.77. The van der Waals surface area contributed by atoms with Crippen LogP contribution in [0.5, 0.6) is 5.75 Å². The number of sulfonamides is 1. The molecule has 0 saturated heterocycles. The van der Waals surface area contributed by atoms with Crippen molar-refractivity contribution in [2.45, 2.75) is 32.9 Å². The molecule has 0 spiro atoms. The zero-order valence-corrected chi connectivity index (χ0v) is 21.9. The first kappa shape index (κ1) is 27.8. The van der Waals surface area contributed by atoms with Crippen LogP contribution in [-0.4, -0.2) is 57.6 Å². The number of carbonyl (C=O) groups excluding carboxylic acids is 2. The molecule has 0 heterocycles. The lowest BCUT2D eigenvalue weighted by Gasteiger charge is -2.32. The van der Waals surface area contributed by atoms with Crippen molar-refractivity contribution in [3.63, 3.8) is 0 Å². The van der Waals surface area contributed by atoms with Gasteiger partial charge >= 0.3 is 0 Å². The number of halogens is 2. The predicted octanol–water partition coefficient (Wildman–Crippen LogP) is 3.71. The molecule has 2 rings (SSSR count). The third-order valence-electron chi connectivity index (χ3n) is 5.11. The summed E-state index contributed by atoms with van der Waals surface area (Å²) in [5.74, 6) is -0.479. The lowest BCUT2D eigenvalue weighted by molar-refractivity contribution is -0.140. The zero-order valence-electron chi connectivity index (χ0n) is 19.5. The molecule has 8 nitrogen and oxygen atoms in total. The molecule has 186 valence electrons. The second kappa shape index (κ2) is 12.3. The molecule has 0 saturated carbocycles. The van der Waals surface area contributed by atoms with Gasteiger partial charge in [-0.2, -0.15) is 0 Å². The number of rotatable bonds is 11. The summed E-state index contributed by atoms with van der Waals surface area (Å²) in [4.78, 5) is 27.6. The molecule has 0 unspecified atom stereocenters. The van der Waals surface area contributed by atoms with E-state index in [1.807, 2.05) is 0 Å². The van der Waals surface area contributed by atoms with Crippen molar-refractivity contribution >= 4 is 50.7 Å². The summed E-state index contributed by atoms with van der Waals surface area (Å²) in [6.45, 7) is 3.57. The van der Waals surface area contributed by atoms with Crippen molar-refractivity contribution in [3.8, 4) is 5.75 Å². The van der Waals surface area contributed by atoms with Gasteiger partial charge in [0.15, 0.2) is 0 Å². The number of ether oxygens (including phenoxy) is 1. The van der Waals surface area contributed by atoms with Gasteiger partial charge in [0.25, 0.3) is 0 Å². The standard InChI is InChI=1S/C23H29Cl2N3O5S/c1-5-20(23(30)26-6-2)27(14-16-7-9-17(24)10-8-16)22(29)15-28(34(4,31)32)18-11-12-21(33-3)19(25)13-18/h7-13,20H,5-6,14-15H2,1-4H3,(H,26,30)/t20-/m1/s1. The van der Waals surface area contributed by atoms with E-state index in [0.717, 1.165) is 16.1 Å². The van der Waals surface area contributed by atoms with Crippen LogP contribution in [0.2, 0.25) is 10.0 Å². The van der Waals surface area contributed by atoms with E-state index < -0.39 is 28.5 Å². The molecule has 0 aromatic heterocycles. The van der Waals surface area contributed by atoms with Crippen LogP contribution >= 0.6 is 23.2 Å². The number of hydrogen-bond acceptors (Lipinski definition) is 5. The largest absolute Gasteiger partial charge is 0.495 e. The van der Waals surface area contributed by atoms with Crippen molar-refractivity contribution in [2.75, 3.05) is 30.8 Å². The molecule has 1 atom stereocenters. The maximum absolute atomic E-state index is 13.5. The normalized spacial score (nSPS) is 12.1. The highest BCUT2D eigenvalue weighted by Gasteiger charge is 2.31. The predicted molar refractivity (Wildman–Crippen MR) is 135 cm³/mol. The van der Waals surface area contributed by atoms with Gasteiger partial charge in [-0.1, -0.05) is 42.3 Å². The number of hydrogen-bond donors (Lipinski definition) is 1. The lowest BCUT2D eigenvalue weighted by atomic mass is 10.1. The van der Waals surface area contributed by atoms with E-state index in [2.05, 4.69) is 5.32 Å². The zero-order chi connectivity index (χ0) is 25.5. The third kappa shape index (κ3) is 7.25. The first-order chi connectivity index (χ1) is 16.0. The number of anilines is 1. The van der Waals surface area contributed by atoms with Gasteiger partial charge in [0.1, 0.15) is 18.3 Å². The van der Waals surface area contributed by atoms with Crippen molar-refractivity contribution in [1.29, 1.82) is 0 Å². The quantitative estimate of drug-likeness (QED) is 0.478. The minimum absolute atomic E-state index is 0.104. The SMILES string of the molecule is CCNC(=O)[C@@H](CC)N(Cc1ccc(Cl)cc1)C(=O)CN(c1ccc(OC)c(Cl)c1)S(C)(=O)=O. The summed E-state index contributed by atoms with van der Waals surface area (Å²) in [5.41, 5.74) is 0.957. The van der Waals surface area contributed by atoms with E-state index >= 15 is 0 Å². The second-order valence-corrected chi connectivity index (χ2v) is 10.3. The number of amides is 2. The fourth-order valence-corrected chi connectivity index (χ4v) is 4.64. The monoisotopic (exact) mass is 529 g/mol. The van der Waals surface area contributed by atoms with Crippen molar-refractivity contribution in [3.05, 3.63) is 58.1 Å². The van der Waals surface area contributed by atoms with Gasteiger partial charge in [-0.05, 0) is 49.2 Å². The van der Waals surface area contributed by atoms with E-state index in [1.54, 1.807) is 38.1 Å². The van der Waals surface area contributed by atoms with Gasteiger partial charge in [0, 0.05) is 18.1 Å².